The van der Waals surface area contributed by atoms with E-state index >= 15 is 0 Å². The van der Waals surface area contributed by atoms with Crippen LogP contribution in [0.5, 0.6) is 5.75 Å². The molecule has 0 atom stereocenters. The Kier molecular flexibility index (Phi) is 6.62. The van der Waals surface area contributed by atoms with Gasteiger partial charge in [0.1, 0.15) is 5.75 Å². The molecule has 0 amide bonds. The van der Waals surface area contributed by atoms with Crippen LogP contribution < -0.4 is 4.74 Å². The fraction of sp³-hybridized carbons (Fsp3) is 0.316. The molecule has 0 bridgehead atoms. The Balaban J connectivity index is 1.94. The molecule has 0 unspecified atom stereocenters. The first-order valence-electron chi connectivity index (χ1n) is 8.63. The zero-order valence-corrected chi connectivity index (χ0v) is 15.8. The van der Waals surface area contributed by atoms with Gasteiger partial charge in [-0.25, -0.2) is 0 Å². The van der Waals surface area contributed by atoms with E-state index in [0.717, 1.165) is 33.7 Å². The van der Waals surface area contributed by atoms with Crippen LogP contribution in [0.4, 0.5) is 0 Å². The van der Waals surface area contributed by atoms with Crippen LogP contribution in [0.1, 0.15) is 13.8 Å². The minimum Gasteiger partial charge on any atom is -0.494 e. The minimum atomic E-state index is 0.644. The molecule has 0 aliphatic heterocycles. The Morgan fingerprint density at radius 2 is 1.88 bits per heavy atom. The molecule has 1 aromatic carbocycles. The summed E-state index contributed by atoms with van der Waals surface area (Å²) in [5.74, 6) is 2.43. The first-order chi connectivity index (χ1) is 12.8. The van der Waals surface area contributed by atoms with E-state index in [1.165, 1.54) is 0 Å². The lowest BCUT2D eigenvalue weighted by atomic mass is 10.2. The maximum absolute atomic E-state index is 5.54. The third-order valence-electron chi connectivity index (χ3n) is 3.62. The molecule has 0 saturated carbocycles. The third-order valence-corrected chi connectivity index (χ3v) is 4.52. The number of thioether (sulfide) groups is 1. The summed E-state index contributed by atoms with van der Waals surface area (Å²) in [5, 5.41) is 9.61. The zero-order chi connectivity index (χ0) is 18.2. The Labute approximate surface area is 157 Å². The van der Waals surface area contributed by atoms with E-state index in [9.17, 15) is 0 Å². The Hall–Kier alpha value is -2.38. The molecule has 0 fully saturated rings. The van der Waals surface area contributed by atoms with E-state index in [1.54, 1.807) is 24.2 Å². The van der Waals surface area contributed by atoms with Gasteiger partial charge in [-0.15, -0.1) is 10.2 Å². The average molecular weight is 370 g/mol. The summed E-state index contributed by atoms with van der Waals surface area (Å²) in [5.41, 5.74) is 1.90. The van der Waals surface area contributed by atoms with Crippen LogP contribution in [0, 0.1) is 0 Å². The summed E-state index contributed by atoms with van der Waals surface area (Å²) < 4.78 is 13.0. The van der Waals surface area contributed by atoms with E-state index in [-0.39, 0.29) is 0 Å². The molecule has 0 N–H and O–H groups in total. The SMILES string of the molecule is CCOCCSc1nnc(-c2cccnc2)n1-c1ccc(OCC)cc1. The molecular weight excluding hydrogens is 348 g/mol. The van der Waals surface area contributed by atoms with Crippen molar-refractivity contribution in [1.82, 2.24) is 19.7 Å². The van der Waals surface area contributed by atoms with Gasteiger partial charge in [0, 0.05) is 36.0 Å². The van der Waals surface area contributed by atoms with Crippen molar-refractivity contribution < 1.29 is 9.47 Å². The molecule has 3 aromatic rings. The predicted molar refractivity (Wildman–Crippen MR) is 103 cm³/mol. The van der Waals surface area contributed by atoms with Crippen LogP contribution in [-0.2, 0) is 4.74 Å². The van der Waals surface area contributed by atoms with Crippen molar-refractivity contribution in [3.05, 3.63) is 48.8 Å². The smallest absolute Gasteiger partial charge is 0.196 e. The average Bonchev–Trinajstić information content (AvgIpc) is 3.11. The van der Waals surface area contributed by atoms with Crippen LogP contribution in [0.25, 0.3) is 17.1 Å². The first-order valence-corrected chi connectivity index (χ1v) is 9.61. The largest absolute Gasteiger partial charge is 0.494 e. The number of hydrogen-bond acceptors (Lipinski definition) is 6. The Morgan fingerprint density at radius 1 is 1.04 bits per heavy atom. The van der Waals surface area contributed by atoms with E-state index in [4.69, 9.17) is 9.47 Å². The maximum atomic E-state index is 5.54. The van der Waals surface area contributed by atoms with Crippen molar-refractivity contribution in [1.29, 1.82) is 0 Å². The fourth-order valence-electron chi connectivity index (χ4n) is 2.47. The highest BCUT2D eigenvalue weighted by atomic mass is 32.2. The molecule has 136 valence electrons. The summed E-state index contributed by atoms with van der Waals surface area (Å²) in [6.07, 6.45) is 3.54. The number of rotatable bonds is 9. The molecule has 2 aromatic heterocycles. The van der Waals surface area contributed by atoms with Gasteiger partial charge in [-0.3, -0.25) is 9.55 Å². The number of hydrogen-bond donors (Lipinski definition) is 0. The molecule has 6 nitrogen and oxygen atoms in total. The second kappa shape index (κ2) is 9.35. The van der Waals surface area contributed by atoms with Crippen LogP contribution in [-0.4, -0.2) is 45.3 Å². The van der Waals surface area contributed by atoms with Gasteiger partial charge in [0.15, 0.2) is 11.0 Å². The molecule has 3 rings (SSSR count). The lowest BCUT2D eigenvalue weighted by Gasteiger charge is -2.11. The summed E-state index contributed by atoms with van der Waals surface area (Å²) in [6, 6.07) is 11.8. The zero-order valence-electron chi connectivity index (χ0n) is 15.0. The van der Waals surface area contributed by atoms with Gasteiger partial charge >= 0.3 is 0 Å². The monoisotopic (exact) mass is 370 g/mol. The third kappa shape index (κ3) is 4.42. The van der Waals surface area contributed by atoms with Crippen molar-refractivity contribution in [3.63, 3.8) is 0 Å². The van der Waals surface area contributed by atoms with Gasteiger partial charge in [-0.2, -0.15) is 0 Å². The van der Waals surface area contributed by atoms with E-state index in [1.807, 2.05) is 54.8 Å². The highest BCUT2D eigenvalue weighted by Gasteiger charge is 2.16. The molecule has 0 saturated heterocycles. The molecule has 7 heteroatoms. The first kappa shape index (κ1) is 18.4. The van der Waals surface area contributed by atoms with Crippen molar-refractivity contribution in [3.8, 4) is 22.8 Å². The molecule has 0 aliphatic carbocycles. The second-order valence-electron chi connectivity index (χ2n) is 5.36. The van der Waals surface area contributed by atoms with Gasteiger partial charge < -0.3 is 9.47 Å². The van der Waals surface area contributed by atoms with Crippen molar-refractivity contribution in [2.75, 3.05) is 25.6 Å². The number of nitrogens with zero attached hydrogens (tertiary/aromatic N) is 4. The maximum Gasteiger partial charge on any atom is 0.196 e. The van der Waals surface area contributed by atoms with Crippen molar-refractivity contribution in [2.24, 2.45) is 0 Å². The summed E-state index contributed by atoms with van der Waals surface area (Å²) in [4.78, 5) is 4.20. The lowest BCUT2D eigenvalue weighted by Crippen LogP contribution is -2.02. The number of benzene rings is 1. The number of aromatic nitrogens is 4. The van der Waals surface area contributed by atoms with E-state index in [2.05, 4.69) is 15.2 Å². The topological polar surface area (TPSA) is 62.1 Å². The second-order valence-corrected chi connectivity index (χ2v) is 6.42. The highest BCUT2D eigenvalue weighted by molar-refractivity contribution is 7.99. The summed E-state index contributed by atoms with van der Waals surface area (Å²) in [7, 11) is 0. The van der Waals surface area contributed by atoms with Crippen LogP contribution in [0.2, 0.25) is 0 Å². The molecule has 0 spiro atoms. The molecular formula is C19H22N4O2S. The summed E-state index contributed by atoms with van der Waals surface area (Å²) in [6.45, 7) is 6.01. The quantitative estimate of drug-likeness (QED) is 0.421. The summed E-state index contributed by atoms with van der Waals surface area (Å²) >= 11 is 1.62. The normalized spacial score (nSPS) is 10.8. The highest BCUT2D eigenvalue weighted by Crippen LogP contribution is 2.28. The van der Waals surface area contributed by atoms with Gasteiger partial charge in [0.05, 0.1) is 13.2 Å². The fourth-order valence-corrected chi connectivity index (χ4v) is 3.28. The minimum absolute atomic E-state index is 0.644. The standard InChI is InChI=1S/C19H22N4O2S/c1-3-24-12-13-26-19-22-21-18(15-6-5-11-20-14-15)23(19)16-7-9-17(10-8-16)25-4-2/h5-11,14H,3-4,12-13H2,1-2H3. The van der Waals surface area contributed by atoms with E-state index < -0.39 is 0 Å². The van der Waals surface area contributed by atoms with Crippen LogP contribution in [0.15, 0.2) is 53.9 Å². The Bertz CT molecular complexity index is 806. The number of pyridine rings is 1. The number of ether oxygens (including phenoxy) is 2. The van der Waals surface area contributed by atoms with Gasteiger partial charge in [0.25, 0.3) is 0 Å². The molecule has 26 heavy (non-hydrogen) atoms. The molecule has 0 radical (unpaired) electrons. The van der Waals surface area contributed by atoms with Crippen molar-refractivity contribution in [2.45, 2.75) is 19.0 Å². The molecule has 2 heterocycles. The van der Waals surface area contributed by atoms with Crippen LogP contribution in [0.3, 0.4) is 0 Å². The lowest BCUT2D eigenvalue weighted by molar-refractivity contribution is 0.164. The van der Waals surface area contributed by atoms with Crippen LogP contribution >= 0.6 is 11.8 Å². The Morgan fingerprint density at radius 3 is 2.58 bits per heavy atom. The predicted octanol–water partition coefficient (Wildman–Crippen LogP) is 3.86. The van der Waals surface area contributed by atoms with Gasteiger partial charge in [0.2, 0.25) is 0 Å². The molecule has 0 aliphatic rings. The van der Waals surface area contributed by atoms with Gasteiger partial charge in [-0.05, 0) is 50.2 Å². The van der Waals surface area contributed by atoms with Gasteiger partial charge in [-0.1, -0.05) is 11.8 Å². The van der Waals surface area contributed by atoms with E-state index in [0.29, 0.717) is 19.8 Å². The van der Waals surface area contributed by atoms with Crippen molar-refractivity contribution >= 4 is 11.8 Å².